The Balaban J connectivity index is 1.60. The molecule has 140 valence electrons. The first-order valence-electron chi connectivity index (χ1n) is 8.88. The van der Waals surface area contributed by atoms with Crippen LogP contribution in [0, 0.1) is 12.7 Å². The van der Waals surface area contributed by atoms with Crippen LogP contribution in [0.25, 0.3) is 0 Å². The molecule has 1 fully saturated rings. The highest BCUT2D eigenvalue weighted by Crippen LogP contribution is 2.26. The zero-order valence-corrected chi connectivity index (χ0v) is 15.5. The molecular formula is C17H22FN5O2S. The van der Waals surface area contributed by atoms with Crippen LogP contribution < -0.4 is 5.32 Å². The van der Waals surface area contributed by atoms with E-state index in [0.29, 0.717) is 18.5 Å². The molecule has 0 radical (unpaired) electrons. The van der Waals surface area contributed by atoms with Gasteiger partial charge in [-0.1, -0.05) is 6.07 Å². The van der Waals surface area contributed by atoms with Gasteiger partial charge in [-0.15, -0.1) is 10.2 Å². The van der Waals surface area contributed by atoms with E-state index >= 15 is 0 Å². The molecule has 2 aliphatic rings. The summed E-state index contributed by atoms with van der Waals surface area (Å²) in [7, 11) is -3.88. The fourth-order valence-corrected chi connectivity index (χ4v) is 5.26. The monoisotopic (exact) mass is 379 g/mol. The summed E-state index contributed by atoms with van der Waals surface area (Å²) in [5.41, 5.74) is 0.714. The van der Waals surface area contributed by atoms with E-state index in [1.54, 1.807) is 13.0 Å². The maximum absolute atomic E-state index is 14.2. The maximum Gasteiger partial charge on any atom is 0.246 e. The molecule has 1 N–H and O–H groups in total. The van der Waals surface area contributed by atoms with Crippen molar-refractivity contribution in [2.75, 3.05) is 19.6 Å². The average molecular weight is 379 g/mol. The van der Waals surface area contributed by atoms with Gasteiger partial charge < -0.3 is 9.88 Å². The van der Waals surface area contributed by atoms with E-state index in [4.69, 9.17) is 0 Å². The first-order chi connectivity index (χ1) is 12.5. The van der Waals surface area contributed by atoms with E-state index < -0.39 is 15.8 Å². The lowest BCUT2D eigenvalue weighted by atomic mass is 10.2. The lowest BCUT2D eigenvalue weighted by Gasteiger charge is -2.20. The van der Waals surface area contributed by atoms with Gasteiger partial charge in [0.15, 0.2) is 0 Å². The Kier molecular flexibility index (Phi) is 4.54. The average Bonchev–Trinajstić information content (AvgIpc) is 3.22. The van der Waals surface area contributed by atoms with Crippen molar-refractivity contribution < 1.29 is 12.8 Å². The Hall–Kier alpha value is -1.84. The predicted molar refractivity (Wildman–Crippen MR) is 93.6 cm³/mol. The number of fused-ring (bicyclic) bond motifs is 1. The fraction of sp³-hybridized carbons (Fsp3) is 0.529. The van der Waals surface area contributed by atoms with Crippen LogP contribution in [0.1, 0.15) is 36.1 Å². The van der Waals surface area contributed by atoms with Crippen LogP contribution in [0.5, 0.6) is 0 Å². The topological polar surface area (TPSA) is 80.1 Å². The highest BCUT2D eigenvalue weighted by Gasteiger charge is 2.32. The molecule has 9 heteroatoms. The second-order valence-corrected chi connectivity index (χ2v) is 8.77. The zero-order valence-electron chi connectivity index (χ0n) is 14.7. The number of halogens is 1. The third kappa shape index (κ3) is 3.04. The number of sulfonamides is 1. The van der Waals surface area contributed by atoms with Crippen LogP contribution in [0.2, 0.25) is 0 Å². The number of hydrogen-bond donors (Lipinski definition) is 1. The second-order valence-electron chi connectivity index (χ2n) is 6.86. The number of benzene rings is 1. The van der Waals surface area contributed by atoms with Gasteiger partial charge in [-0.25, -0.2) is 12.8 Å². The number of aryl methyl sites for hydroxylation is 1. The molecule has 1 aromatic heterocycles. The maximum atomic E-state index is 14.2. The Morgan fingerprint density at radius 1 is 1.23 bits per heavy atom. The Labute approximate surface area is 152 Å². The van der Waals surface area contributed by atoms with Crippen LogP contribution in [-0.4, -0.2) is 47.1 Å². The van der Waals surface area contributed by atoms with E-state index in [0.717, 1.165) is 31.0 Å². The third-order valence-corrected chi connectivity index (χ3v) is 7.00. The molecule has 1 saturated heterocycles. The molecule has 0 spiro atoms. The molecule has 3 heterocycles. The molecule has 0 amide bonds. The van der Waals surface area contributed by atoms with E-state index in [1.807, 2.05) is 4.57 Å². The molecule has 0 bridgehead atoms. The molecule has 1 atom stereocenters. The summed E-state index contributed by atoms with van der Waals surface area (Å²) >= 11 is 0. The van der Waals surface area contributed by atoms with Gasteiger partial charge >= 0.3 is 0 Å². The van der Waals surface area contributed by atoms with Crippen molar-refractivity contribution in [2.45, 2.75) is 43.7 Å². The third-order valence-electron chi connectivity index (χ3n) is 5.09. The number of rotatable bonds is 3. The Bertz CT molecular complexity index is 921. The van der Waals surface area contributed by atoms with Gasteiger partial charge in [0.05, 0.1) is 6.04 Å². The number of hydrogen-bond acceptors (Lipinski definition) is 5. The quantitative estimate of drug-likeness (QED) is 0.872. The largest absolute Gasteiger partial charge is 0.312 e. The normalized spacial score (nSPS) is 21.5. The number of aromatic nitrogens is 3. The van der Waals surface area contributed by atoms with Crippen LogP contribution in [0.15, 0.2) is 23.1 Å². The second kappa shape index (κ2) is 6.71. The van der Waals surface area contributed by atoms with Crippen LogP contribution >= 0.6 is 0 Å². The molecule has 7 nitrogen and oxygen atoms in total. The van der Waals surface area contributed by atoms with Gasteiger partial charge in [0.1, 0.15) is 22.4 Å². The molecule has 0 saturated carbocycles. The number of nitrogens with one attached hydrogen (secondary N) is 1. The highest BCUT2D eigenvalue weighted by molar-refractivity contribution is 7.89. The molecule has 1 unspecified atom stereocenters. The summed E-state index contributed by atoms with van der Waals surface area (Å²) in [4.78, 5) is -0.257. The minimum atomic E-state index is -3.88. The Morgan fingerprint density at radius 2 is 2.08 bits per heavy atom. The molecule has 2 aliphatic heterocycles. The minimum Gasteiger partial charge on any atom is -0.312 e. The first-order valence-corrected chi connectivity index (χ1v) is 10.3. The molecule has 2 aromatic rings. The van der Waals surface area contributed by atoms with E-state index in [-0.39, 0.29) is 24.0 Å². The SMILES string of the molecule is Cc1ccc(F)c(S(=O)(=O)N2CCc3nnc(C4CCCN4)n3CC2)c1. The van der Waals surface area contributed by atoms with Gasteiger partial charge in [-0.2, -0.15) is 4.31 Å². The van der Waals surface area contributed by atoms with Crippen molar-refractivity contribution in [1.82, 2.24) is 24.4 Å². The lowest BCUT2D eigenvalue weighted by Crippen LogP contribution is -2.34. The molecule has 26 heavy (non-hydrogen) atoms. The highest BCUT2D eigenvalue weighted by atomic mass is 32.2. The molecule has 4 rings (SSSR count). The minimum absolute atomic E-state index is 0.175. The smallest absolute Gasteiger partial charge is 0.246 e. The summed E-state index contributed by atoms with van der Waals surface area (Å²) < 4.78 is 43.4. The standard InChI is InChI=1S/C17H22FN5O2S/c1-12-4-5-13(18)15(11-12)26(24,25)22-8-6-16-20-21-17(23(16)10-9-22)14-3-2-7-19-14/h4-5,11,14,19H,2-3,6-10H2,1H3. The van der Waals surface area contributed by atoms with Crippen molar-refractivity contribution in [3.05, 3.63) is 41.2 Å². The predicted octanol–water partition coefficient (Wildman–Crippen LogP) is 1.40. The van der Waals surface area contributed by atoms with Gasteiger partial charge in [0.25, 0.3) is 0 Å². The van der Waals surface area contributed by atoms with Crippen LogP contribution in [0.3, 0.4) is 0 Å². The summed E-state index contributed by atoms with van der Waals surface area (Å²) in [6.45, 7) is 3.73. The number of nitrogens with zero attached hydrogens (tertiary/aromatic N) is 4. The molecule has 0 aliphatic carbocycles. The van der Waals surface area contributed by atoms with Gasteiger partial charge in [0.2, 0.25) is 10.0 Å². The summed E-state index contributed by atoms with van der Waals surface area (Å²) in [6, 6.07) is 4.34. The van der Waals surface area contributed by atoms with Gasteiger partial charge in [0, 0.05) is 26.1 Å². The van der Waals surface area contributed by atoms with Crippen LogP contribution in [-0.2, 0) is 23.0 Å². The molecule has 1 aromatic carbocycles. The van der Waals surface area contributed by atoms with Crippen LogP contribution in [0.4, 0.5) is 4.39 Å². The first kappa shape index (κ1) is 17.6. The fourth-order valence-electron chi connectivity index (χ4n) is 3.68. The van der Waals surface area contributed by atoms with Crippen molar-refractivity contribution in [2.24, 2.45) is 0 Å². The van der Waals surface area contributed by atoms with Gasteiger partial charge in [-0.3, -0.25) is 0 Å². The summed E-state index contributed by atoms with van der Waals surface area (Å²) in [6.07, 6.45) is 2.57. The van der Waals surface area contributed by atoms with Crippen molar-refractivity contribution in [1.29, 1.82) is 0 Å². The summed E-state index contributed by atoms with van der Waals surface area (Å²) in [5.74, 6) is 0.949. The summed E-state index contributed by atoms with van der Waals surface area (Å²) in [5, 5.41) is 12.0. The van der Waals surface area contributed by atoms with Crippen molar-refractivity contribution in [3.8, 4) is 0 Å². The van der Waals surface area contributed by atoms with E-state index in [1.165, 1.54) is 16.4 Å². The van der Waals surface area contributed by atoms with Crippen molar-refractivity contribution >= 4 is 10.0 Å². The van der Waals surface area contributed by atoms with E-state index in [2.05, 4.69) is 15.5 Å². The van der Waals surface area contributed by atoms with Gasteiger partial charge in [-0.05, 0) is 44.0 Å². The zero-order chi connectivity index (χ0) is 18.3. The molecular weight excluding hydrogens is 357 g/mol. The van der Waals surface area contributed by atoms with Crippen molar-refractivity contribution in [3.63, 3.8) is 0 Å². The Morgan fingerprint density at radius 3 is 2.85 bits per heavy atom. The lowest BCUT2D eigenvalue weighted by molar-refractivity contribution is 0.406. The van der Waals surface area contributed by atoms with E-state index in [9.17, 15) is 12.8 Å².